The molecule has 10 heteroatoms. The number of nitrogens with one attached hydrogen (secondary N) is 2. The number of aromatic nitrogens is 1. The molecule has 9 nitrogen and oxygen atoms in total. The highest BCUT2D eigenvalue weighted by Crippen LogP contribution is 2.53. The van der Waals surface area contributed by atoms with E-state index in [2.05, 4.69) is 27.0 Å². The van der Waals surface area contributed by atoms with Gasteiger partial charge in [0.25, 0.3) is 17.3 Å². The van der Waals surface area contributed by atoms with E-state index in [4.69, 9.17) is 14.2 Å². The Balaban J connectivity index is 1.22. The van der Waals surface area contributed by atoms with E-state index in [1.54, 1.807) is 7.11 Å². The van der Waals surface area contributed by atoms with Crippen molar-refractivity contribution in [1.29, 1.82) is 0 Å². The molecule has 1 unspecified atom stereocenters. The molecule has 2 N–H and O–H groups in total. The molecule has 1 amide bonds. The number of aromatic amines is 1. The fourth-order valence-electron chi connectivity index (χ4n) is 7.14. The minimum Gasteiger partial charge on any atom is -0.448 e. The van der Waals surface area contributed by atoms with Crippen LogP contribution in [-0.2, 0) is 11.3 Å². The zero-order chi connectivity index (χ0) is 29.6. The van der Waals surface area contributed by atoms with Gasteiger partial charge in [-0.25, -0.2) is 0 Å². The summed E-state index contributed by atoms with van der Waals surface area (Å²) in [6, 6.07) is 4.51. The highest BCUT2D eigenvalue weighted by molar-refractivity contribution is 7.98. The van der Waals surface area contributed by atoms with Crippen molar-refractivity contribution < 1.29 is 19.0 Å². The molecule has 1 saturated carbocycles. The highest BCUT2D eigenvalue weighted by Gasteiger charge is 2.49. The summed E-state index contributed by atoms with van der Waals surface area (Å²) in [5.41, 5.74) is 3.47. The average molecular weight is 597 g/mol. The van der Waals surface area contributed by atoms with Crippen molar-refractivity contribution in [2.24, 2.45) is 5.92 Å². The molecule has 1 aromatic heterocycles. The van der Waals surface area contributed by atoms with Crippen LogP contribution in [0.2, 0.25) is 0 Å². The van der Waals surface area contributed by atoms with E-state index in [-0.39, 0.29) is 23.9 Å². The SMILES string of the molecule is COC1CN(C2CCC(C3(C)Oc4c(N5CCCC5)cc(C(=O)NCc5c(SC)cc(C)[nH]c5=O)c(C)c4O3)CC2)C1. The lowest BCUT2D eigenvalue weighted by Gasteiger charge is -2.47. The number of hydrogen-bond acceptors (Lipinski definition) is 8. The number of pyridine rings is 1. The van der Waals surface area contributed by atoms with Crippen molar-refractivity contribution in [2.45, 2.75) is 88.7 Å². The van der Waals surface area contributed by atoms with Crippen molar-refractivity contribution in [3.8, 4) is 11.5 Å². The van der Waals surface area contributed by atoms with Gasteiger partial charge in [0.15, 0.2) is 11.5 Å². The van der Waals surface area contributed by atoms with Crippen LogP contribution in [0.4, 0.5) is 5.69 Å². The number of H-pyrrole nitrogens is 1. The van der Waals surface area contributed by atoms with Gasteiger partial charge >= 0.3 is 0 Å². The minimum absolute atomic E-state index is 0.153. The van der Waals surface area contributed by atoms with E-state index in [9.17, 15) is 9.59 Å². The second-order valence-corrected chi connectivity index (χ2v) is 13.3. The number of thioether (sulfide) groups is 1. The monoisotopic (exact) mass is 596 g/mol. The zero-order valence-corrected chi connectivity index (χ0v) is 26.3. The standard InChI is InChI=1S/C32H44N4O5S/c1-19-14-27(42-5)25(31(38)34-19)16-33-30(37)24-15-26(35-12-6-7-13-35)29-28(20(24)2)40-32(3,41-29)21-8-10-22(11-9-21)36-17-23(18-36)39-4/h14-15,21-23H,6-13,16-18H2,1-5H3,(H,33,37)(H,34,38). The maximum absolute atomic E-state index is 13.7. The third kappa shape index (κ3) is 5.42. The third-order valence-corrected chi connectivity index (χ3v) is 10.6. The number of rotatable bonds is 8. The van der Waals surface area contributed by atoms with Crippen molar-refractivity contribution in [3.63, 3.8) is 0 Å². The van der Waals surface area contributed by atoms with E-state index in [1.165, 1.54) is 11.8 Å². The fraction of sp³-hybridized carbons (Fsp3) is 0.625. The first-order valence-corrected chi connectivity index (χ1v) is 16.6. The lowest BCUT2D eigenvalue weighted by molar-refractivity contribution is -0.130. The van der Waals surface area contributed by atoms with Crippen molar-refractivity contribution in [3.05, 3.63) is 44.9 Å². The van der Waals surface area contributed by atoms with Crippen LogP contribution in [0.25, 0.3) is 0 Å². The third-order valence-electron chi connectivity index (χ3n) is 9.81. The van der Waals surface area contributed by atoms with E-state index in [0.29, 0.717) is 29.0 Å². The Kier molecular flexibility index (Phi) is 8.24. The molecule has 6 rings (SSSR count). The largest absolute Gasteiger partial charge is 0.448 e. The summed E-state index contributed by atoms with van der Waals surface area (Å²) in [4.78, 5) is 34.9. The Hall–Kier alpha value is -2.69. The molecular formula is C32H44N4O5S. The van der Waals surface area contributed by atoms with Crippen LogP contribution in [0.3, 0.4) is 0 Å². The van der Waals surface area contributed by atoms with Gasteiger partial charge in [0.05, 0.1) is 11.8 Å². The second-order valence-electron chi connectivity index (χ2n) is 12.5. The Bertz CT molecular complexity index is 1390. The predicted molar refractivity (Wildman–Crippen MR) is 165 cm³/mol. The molecule has 0 radical (unpaired) electrons. The summed E-state index contributed by atoms with van der Waals surface area (Å²) in [5, 5.41) is 3.02. The maximum atomic E-state index is 13.7. The Labute approximate surface area is 252 Å². The molecule has 228 valence electrons. The lowest BCUT2D eigenvalue weighted by Crippen LogP contribution is -2.57. The van der Waals surface area contributed by atoms with Gasteiger partial charge in [0.1, 0.15) is 0 Å². The van der Waals surface area contributed by atoms with Crippen LogP contribution in [-0.4, -0.2) is 73.3 Å². The van der Waals surface area contributed by atoms with Gasteiger partial charge in [-0.15, -0.1) is 11.8 Å². The van der Waals surface area contributed by atoms with E-state index in [0.717, 1.165) is 92.3 Å². The Morgan fingerprint density at radius 2 is 1.81 bits per heavy atom. The number of carbonyl (C=O) groups is 1. The summed E-state index contributed by atoms with van der Waals surface area (Å²) < 4.78 is 19.0. The van der Waals surface area contributed by atoms with E-state index < -0.39 is 5.79 Å². The van der Waals surface area contributed by atoms with Crippen molar-refractivity contribution in [1.82, 2.24) is 15.2 Å². The molecule has 42 heavy (non-hydrogen) atoms. The van der Waals surface area contributed by atoms with Gasteiger partial charge in [0.2, 0.25) is 0 Å². The second kappa shape index (κ2) is 11.8. The summed E-state index contributed by atoms with van der Waals surface area (Å²) in [6.07, 6.45) is 8.87. The molecule has 0 bridgehead atoms. The van der Waals surface area contributed by atoms with Crippen LogP contribution < -0.4 is 25.2 Å². The van der Waals surface area contributed by atoms with E-state index in [1.807, 2.05) is 32.2 Å². The quantitative estimate of drug-likeness (QED) is 0.427. The van der Waals surface area contributed by atoms with Crippen LogP contribution in [0.5, 0.6) is 11.5 Å². The number of anilines is 1. The zero-order valence-electron chi connectivity index (χ0n) is 25.5. The molecule has 3 aliphatic heterocycles. The average Bonchev–Trinajstić information content (AvgIpc) is 3.61. The number of likely N-dealkylation sites (tertiary alicyclic amines) is 1. The van der Waals surface area contributed by atoms with Crippen LogP contribution >= 0.6 is 11.8 Å². The van der Waals surface area contributed by atoms with Crippen molar-refractivity contribution in [2.75, 3.05) is 44.4 Å². The normalized spacial score (nSPS) is 26.0. The topological polar surface area (TPSA) is 96.1 Å². The molecule has 4 aliphatic rings. The lowest BCUT2D eigenvalue weighted by atomic mass is 9.80. The number of aryl methyl sites for hydroxylation is 1. The summed E-state index contributed by atoms with van der Waals surface area (Å²) in [6.45, 7) is 9.94. The first-order chi connectivity index (χ1) is 20.2. The van der Waals surface area contributed by atoms with Gasteiger partial charge in [0, 0.05) is 86.0 Å². The molecule has 1 atom stereocenters. The maximum Gasteiger partial charge on any atom is 0.254 e. The summed E-state index contributed by atoms with van der Waals surface area (Å²) in [7, 11) is 1.80. The number of fused-ring (bicyclic) bond motifs is 1. The number of carbonyl (C=O) groups excluding carboxylic acids is 1. The van der Waals surface area contributed by atoms with Crippen molar-refractivity contribution >= 4 is 23.4 Å². The van der Waals surface area contributed by atoms with Gasteiger partial charge in [-0.1, -0.05) is 0 Å². The summed E-state index contributed by atoms with van der Waals surface area (Å²) in [5.74, 6) is 0.721. The molecule has 1 aromatic carbocycles. The molecular weight excluding hydrogens is 552 g/mol. The molecule has 1 aliphatic carbocycles. The van der Waals surface area contributed by atoms with Gasteiger partial charge in [-0.2, -0.15) is 0 Å². The number of amides is 1. The number of ether oxygens (including phenoxy) is 3. The molecule has 0 spiro atoms. The molecule has 3 fully saturated rings. The molecule has 2 aromatic rings. The smallest absolute Gasteiger partial charge is 0.254 e. The van der Waals surface area contributed by atoms with Gasteiger partial charge < -0.3 is 29.4 Å². The van der Waals surface area contributed by atoms with Crippen LogP contribution in [0.15, 0.2) is 21.8 Å². The molecule has 2 saturated heterocycles. The molecule has 4 heterocycles. The fourth-order valence-corrected chi connectivity index (χ4v) is 7.85. The number of benzene rings is 1. The van der Waals surface area contributed by atoms with Crippen LogP contribution in [0.1, 0.15) is 72.6 Å². The highest BCUT2D eigenvalue weighted by atomic mass is 32.2. The number of nitrogens with zero attached hydrogens (tertiary/aromatic N) is 2. The Morgan fingerprint density at radius 3 is 2.48 bits per heavy atom. The van der Waals surface area contributed by atoms with Gasteiger partial charge in [-0.05, 0) is 70.8 Å². The predicted octanol–water partition coefficient (Wildman–Crippen LogP) is 4.62. The number of methoxy groups -OCH3 is 1. The van der Waals surface area contributed by atoms with Crippen LogP contribution in [0, 0.1) is 19.8 Å². The number of hydrogen-bond donors (Lipinski definition) is 2. The Morgan fingerprint density at radius 1 is 1.12 bits per heavy atom. The first-order valence-electron chi connectivity index (χ1n) is 15.3. The van der Waals surface area contributed by atoms with E-state index >= 15 is 0 Å². The van der Waals surface area contributed by atoms with Gasteiger partial charge in [-0.3, -0.25) is 14.5 Å². The first kappa shape index (κ1) is 29.4. The summed E-state index contributed by atoms with van der Waals surface area (Å²) >= 11 is 1.51. The minimum atomic E-state index is -0.770.